The summed E-state index contributed by atoms with van der Waals surface area (Å²) in [5.41, 5.74) is 0. The van der Waals surface area contributed by atoms with Crippen molar-refractivity contribution >= 4 is 0 Å². The first-order valence-corrected chi connectivity index (χ1v) is 14.8. The second-order valence-corrected chi connectivity index (χ2v) is 11.0. The molecule has 190 valence electrons. The molecule has 2 unspecified atom stereocenters. The summed E-state index contributed by atoms with van der Waals surface area (Å²) in [5.74, 6) is 0.829. The second kappa shape index (κ2) is 16.5. The first kappa shape index (κ1) is 26.5. The first-order chi connectivity index (χ1) is 16.4. The summed E-state index contributed by atoms with van der Waals surface area (Å²) in [6, 6.07) is 1.11. The molecule has 0 aliphatic heterocycles. The van der Waals surface area contributed by atoms with E-state index in [0.29, 0.717) is 18.2 Å². The number of hydrogen-bond donors (Lipinski definition) is 0. The smallest absolute Gasteiger partial charge is 0.335 e. The summed E-state index contributed by atoms with van der Waals surface area (Å²) in [5, 5.41) is 12.4. The lowest BCUT2D eigenvalue weighted by Crippen LogP contribution is -2.27. The van der Waals surface area contributed by atoms with Crippen molar-refractivity contribution in [3.05, 3.63) is 0 Å². The predicted molar refractivity (Wildman–Crippen MR) is 137 cm³/mol. The van der Waals surface area contributed by atoms with Gasteiger partial charge >= 0.3 is 6.01 Å². The molecule has 1 aromatic heterocycles. The molecule has 2 saturated carbocycles. The van der Waals surface area contributed by atoms with Crippen molar-refractivity contribution in [1.82, 2.24) is 20.2 Å². The molecular weight excluding hydrogens is 408 g/mol. The number of hydrogen-bond acceptors (Lipinski definition) is 4. The lowest BCUT2D eigenvalue weighted by molar-refractivity contribution is 0.0980. The molecular formula is C28H52N4O. The molecule has 5 heteroatoms. The highest BCUT2D eigenvalue weighted by atomic mass is 16.5. The average molecular weight is 461 g/mol. The lowest BCUT2D eigenvalue weighted by Gasteiger charge is -2.30. The summed E-state index contributed by atoms with van der Waals surface area (Å²) >= 11 is 0. The summed E-state index contributed by atoms with van der Waals surface area (Å²) in [6.45, 7) is 2.30. The molecule has 33 heavy (non-hydrogen) atoms. The highest BCUT2D eigenvalue weighted by molar-refractivity contribution is 4.93. The van der Waals surface area contributed by atoms with Gasteiger partial charge in [0, 0.05) is 0 Å². The molecule has 0 amide bonds. The van der Waals surface area contributed by atoms with Crippen LogP contribution in [0.4, 0.5) is 0 Å². The Hall–Kier alpha value is -1.13. The van der Waals surface area contributed by atoms with Crippen molar-refractivity contribution in [3.8, 4) is 6.01 Å². The Morgan fingerprint density at radius 2 is 1.36 bits per heavy atom. The van der Waals surface area contributed by atoms with E-state index in [1.807, 2.05) is 4.68 Å². The van der Waals surface area contributed by atoms with E-state index in [9.17, 15) is 0 Å². The zero-order valence-corrected chi connectivity index (χ0v) is 21.7. The van der Waals surface area contributed by atoms with Crippen molar-refractivity contribution in [1.29, 1.82) is 0 Å². The SMILES string of the molecule is CCCCCCCCCCCCCCCC1CCCC(Oc2nnnn2C2CCCCC2)C1. The van der Waals surface area contributed by atoms with Crippen molar-refractivity contribution in [2.45, 2.75) is 167 Å². The molecule has 1 heterocycles. The van der Waals surface area contributed by atoms with Gasteiger partial charge in [0.25, 0.3) is 0 Å². The van der Waals surface area contributed by atoms with Crippen LogP contribution in [-0.4, -0.2) is 26.3 Å². The monoisotopic (exact) mass is 460 g/mol. The molecule has 3 rings (SSSR count). The van der Waals surface area contributed by atoms with Crippen LogP contribution in [0.3, 0.4) is 0 Å². The highest BCUT2D eigenvalue weighted by Crippen LogP contribution is 2.33. The topological polar surface area (TPSA) is 52.8 Å². The van der Waals surface area contributed by atoms with Gasteiger partial charge in [-0.25, -0.2) is 0 Å². The Morgan fingerprint density at radius 1 is 0.727 bits per heavy atom. The van der Waals surface area contributed by atoms with Gasteiger partial charge in [0.15, 0.2) is 0 Å². The Bertz CT molecular complexity index is 598. The number of nitrogens with zero attached hydrogens (tertiary/aromatic N) is 4. The molecule has 0 bridgehead atoms. The number of unbranched alkanes of at least 4 members (excludes halogenated alkanes) is 12. The van der Waals surface area contributed by atoms with Crippen LogP contribution in [0.25, 0.3) is 0 Å². The van der Waals surface area contributed by atoms with E-state index in [1.54, 1.807) is 0 Å². The van der Waals surface area contributed by atoms with Crippen molar-refractivity contribution in [2.75, 3.05) is 0 Å². The summed E-state index contributed by atoms with van der Waals surface area (Å²) < 4.78 is 8.34. The Morgan fingerprint density at radius 3 is 2.03 bits per heavy atom. The fourth-order valence-corrected chi connectivity index (χ4v) is 6.03. The molecule has 0 aromatic carbocycles. The number of rotatable bonds is 17. The number of tetrazole rings is 1. The molecule has 0 saturated heterocycles. The third-order valence-electron chi connectivity index (χ3n) is 8.11. The van der Waals surface area contributed by atoms with Crippen molar-refractivity contribution < 1.29 is 4.74 Å². The van der Waals surface area contributed by atoms with E-state index in [4.69, 9.17) is 4.74 Å². The van der Waals surface area contributed by atoms with Gasteiger partial charge in [-0.1, -0.05) is 128 Å². The van der Waals surface area contributed by atoms with E-state index in [0.717, 1.165) is 12.3 Å². The molecule has 2 aliphatic carbocycles. The minimum absolute atomic E-state index is 0.305. The van der Waals surface area contributed by atoms with Crippen LogP contribution in [0.5, 0.6) is 6.01 Å². The third-order valence-corrected chi connectivity index (χ3v) is 8.11. The summed E-state index contributed by atoms with van der Waals surface area (Å²) in [6.07, 6.45) is 31.7. The Labute approximate surface area is 203 Å². The van der Waals surface area contributed by atoms with Gasteiger partial charge in [-0.2, -0.15) is 4.68 Å². The minimum atomic E-state index is 0.305. The fourth-order valence-electron chi connectivity index (χ4n) is 6.03. The number of ether oxygens (including phenoxy) is 1. The third kappa shape index (κ3) is 10.3. The molecule has 5 nitrogen and oxygen atoms in total. The largest absolute Gasteiger partial charge is 0.459 e. The first-order valence-electron chi connectivity index (χ1n) is 14.8. The second-order valence-electron chi connectivity index (χ2n) is 11.0. The normalized spacial score (nSPS) is 22.0. The average Bonchev–Trinajstić information content (AvgIpc) is 3.31. The Balaban J connectivity index is 1.20. The predicted octanol–water partition coefficient (Wildman–Crippen LogP) is 8.60. The zero-order valence-electron chi connectivity index (χ0n) is 21.7. The molecule has 0 N–H and O–H groups in total. The van der Waals surface area contributed by atoms with Gasteiger partial charge < -0.3 is 4.74 Å². The molecule has 1 aromatic rings. The molecule has 0 spiro atoms. The van der Waals surface area contributed by atoms with Gasteiger partial charge in [0.05, 0.1) is 6.04 Å². The van der Waals surface area contributed by atoms with Crippen LogP contribution < -0.4 is 4.74 Å². The Kier molecular flexibility index (Phi) is 13.2. The summed E-state index contributed by atoms with van der Waals surface area (Å²) in [7, 11) is 0. The van der Waals surface area contributed by atoms with E-state index in [-0.39, 0.29) is 0 Å². The van der Waals surface area contributed by atoms with Crippen LogP contribution in [0.2, 0.25) is 0 Å². The van der Waals surface area contributed by atoms with Gasteiger partial charge in [-0.15, -0.1) is 0 Å². The van der Waals surface area contributed by atoms with Crippen molar-refractivity contribution in [3.63, 3.8) is 0 Å². The lowest BCUT2D eigenvalue weighted by atomic mass is 9.84. The van der Waals surface area contributed by atoms with Crippen LogP contribution in [0.1, 0.15) is 161 Å². The van der Waals surface area contributed by atoms with Crippen molar-refractivity contribution in [2.24, 2.45) is 5.92 Å². The summed E-state index contributed by atoms with van der Waals surface area (Å²) in [4.78, 5) is 0. The standard InChI is InChI=1S/C28H52N4O/c1-2-3-4-5-6-7-8-9-10-11-12-13-15-19-25-20-18-23-27(24-25)33-28-29-30-31-32(28)26-21-16-14-17-22-26/h25-27H,2-24H2,1H3. The van der Waals surface area contributed by atoms with E-state index >= 15 is 0 Å². The maximum absolute atomic E-state index is 6.36. The zero-order chi connectivity index (χ0) is 23.0. The maximum Gasteiger partial charge on any atom is 0.335 e. The molecule has 0 radical (unpaired) electrons. The van der Waals surface area contributed by atoms with Crippen LogP contribution in [-0.2, 0) is 0 Å². The minimum Gasteiger partial charge on any atom is -0.459 e. The van der Waals surface area contributed by atoms with Gasteiger partial charge in [-0.3, -0.25) is 0 Å². The number of aromatic nitrogens is 4. The van der Waals surface area contributed by atoms with E-state index < -0.39 is 0 Å². The molecule has 2 atom stereocenters. The quantitative estimate of drug-likeness (QED) is 0.218. The van der Waals surface area contributed by atoms with E-state index in [2.05, 4.69) is 22.4 Å². The molecule has 2 fully saturated rings. The molecule has 2 aliphatic rings. The van der Waals surface area contributed by atoms with Crippen LogP contribution in [0, 0.1) is 5.92 Å². The fraction of sp³-hybridized carbons (Fsp3) is 0.964. The van der Waals surface area contributed by atoms with E-state index in [1.165, 1.54) is 141 Å². The van der Waals surface area contributed by atoms with Gasteiger partial charge in [0.2, 0.25) is 0 Å². The van der Waals surface area contributed by atoms with Crippen LogP contribution >= 0.6 is 0 Å². The van der Waals surface area contributed by atoms with Gasteiger partial charge in [-0.05, 0) is 48.4 Å². The van der Waals surface area contributed by atoms with Crippen LogP contribution in [0.15, 0.2) is 0 Å². The highest BCUT2D eigenvalue weighted by Gasteiger charge is 2.27. The van der Waals surface area contributed by atoms with Gasteiger partial charge in [0.1, 0.15) is 6.10 Å². The maximum atomic E-state index is 6.36.